The van der Waals surface area contributed by atoms with Gasteiger partial charge in [-0.25, -0.2) is 4.39 Å². The fourth-order valence-electron chi connectivity index (χ4n) is 1.46. The van der Waals surface area contributed by atoms with E-state index in [1.807, 2.05) is 0 Å². The molecule has 1 aromatic heterocycles. The van der Waals surface area contributed by atoms with E-state index < -0.39 is 27.8 Å². The summed E-state index contributed by atoms with van der Waals surface area (Å²) < 4.78 is 31.8. The lowest BCUT2D eigenvalue weighted by Crippen LogP contribution is -2.06. The normalized spacial score (nSPS) is 10.7. The second-order valence-corrected chi connectivity index (χ2v) is 3.59. The zero-order valence-electron chi connectivity index (χ0n) is 9.68. The summed E-state index contributed by atoms with van der Waals surface area (Å²) in [5, 5.41) is 16.9. The summed E-state index contributed by atoms with van der Waals surface area (Å²) in [5.74, 6) is -2.27. The molecule has 9 heteroatoms. The van der Waals surface area contributed by atoms with Crippen molar-refractivity contribution in [2.75, 3.05) is 7.05 Å². The van der Waals surface area contributed by atoms with Gasteiger partial charge in [0.25, 0.3) is 5.89 Å². The number of nitro benzene ring substituents is 1. The molecular weight excluding hydrogens is 262 g/mol. The fraction of sp³-hybridized carbons (Fsp3) is 0.200. The van der Waals surface area contributed by atoms with Gasteiger partial charge in [-0.05, 0) is 13.1 Å². The van der Waals surface area contributed by atoms with E-state index >= 15 is 0 Å². The zero-order chi connectivity index (χ0) is 14.0. The van der Waals surface area contributed by atoms with Crippen molar-refractivity contribution >= 4 is 5.69 Å². The lowest BCUT2D eigenvalue weighted by Gasteiger charge is -1.99. The van der Waals surface area contributed by atoms with Crippen LogP contribution in [-0.4, -0.2) is 22.1 Å². The Kier molecular flexibility index (Phi) is 3.47. The number of benzene rings is 1. The first-order chi connectivity index (χ1) is 9.02. The number of rotatable bonds is 4. The average molecular weight is 270 g/mol. The third kappa shape index (κ3) is 2.55. The van der Waals surface area contributed by atoms with Crippen molar-refractivity contribution in [2.24, 2.45) is 0 Å². The summed E-state index contributed by atoms with van der Waals surface area (Å²) in [6.45, 7) is 0.266. The van der Waals surface area contributed by atoms with E-state index in [4.69, 9.17) is 4.52 Å². The van der Waals surface area contributed by atoms with Crippen molar-refractivity contribution in [3.63, 3.8) is 0 Å². The molecule has 0 aliphatic heterocycles. The largest absolute Gasteiger partial charge is 0.334 e. The maximum atomic E-state index is 13.8. The molecule has 0 fully saturated rings. The quantitative estimate of drug-likeness (QED) is 0.670. The van der Waals surface area contributed by atoms with Crippen LogP contribution in [0.4, 0.5) is 14.5 Å². The fourth-order valence-corrected chi connectivity index (χ4v) is 1.46. The smallest absolute Gasteiger partial charge is 0.308 e. The van der Waals surface area contributed by atoms with Crippen molar-refractivity contribution in [1.29, 1.82) is 0 Å². The molecule has 7 nitrogen and oxygen atoms in total. The van der Waals surface area contributed by atoms with Crippen LogP contribution in [0.3, 0.4) is 0 Å². The van der Waals surface area contributed by atoms with Crippen molar-refractivity contribution < 1.29 is 18.2 Å². The maximum absolute atomic E-state index is 13.8. The Hall–Kier alpha value is -2.42. The minimum Gasteiger partial charge on any atom is -0.334 e. The van der Waals surface area contributed by atoms with Gasteiger partial charge in [-0.3, -0.25) is 10.1 Å². The Balaban J connectivity index is 2.51. The highest BCUT2D eigenvalue weighted by Gasteiger charge is 2.24. The minimum absolute atomic E-state index is 0.226. The van der Waals surface area contributed by atoms with Crippen molar-refractivity contribution in [1.82, 2.24) is 15.5 Å². The molecule has 1 heterocycles. The minimum atomic E-state index is -1.22. The summed E-state index contributed by atoms with van der Waals surface area (Å²) in [6, 6.07) is 1.25. The van der Waals surface area contributed by atoms with Crippen molar-refractivity contribution in [3.8, 4) is 11.5 Å². The van der Waals surface area contributed by atoms with Gasteiger partial charge in [0.05, 0.1) is 23.1 Å². The maximum Gasteiger partial charge on any atom is 0.308 e. The van der Waals surface area contributed by atoms with E-state index in [0.29, 0.717) is 6.07 Å². The van der Waals surface area contributed by atoms with E-state index in [-0.39, 0.29) is 18.3 Å². The predicted molar refractivity (Wildman–Crippen MR) is 59.1 cm³/mol. The van der Waals surface area contributed by atoms with Gasteiger partial charge < -0.3 is 9.84 Å². The van der Waals surface area contributed by atoms with E-state index in [1.54, 1.807) is 7.05 Å². The van der Waals surface area contributed by atoms with Crippen LogP contribution in [0.25, 0.3) is 11.5 Å². The zero-order valence-corrected chi connectivity index (χ0v) is 9.68. The summed E-state index contributed by atoms with van der Waals surface area (Å²) in [6.07, 6.45) is 0. The number of aromatic nitrogens is 2. The first-order valence-electron chi connectivity index (χ1n) is 5.14. The molecule has 0 amide bonds. The van der Waals surface area contributed by atoms with Crippen LogP contribution in [0.2, 0.25) is 0 Å². The topological polar surface area (TPSA) is 94.1 Å². The van der Waals surface area contributed by atoms with Crippen LogP contribution >= 0.6 is 0 Å². The van der Waals surface area contributed by atoms with E-state index in [1.165, 1.54) is 0 Å². The van der Waals surface area contributed by atoms with Gasteiger partial charge in [-0.2, -0.15) is 9.37 Å². The summed E-state index contributed by atoms with van der Waals surface area (Å²) >= 11 is 0. The number of nitro groups is 1. The molecule has 1 aromatic carbocycles. The first kappa shape index (κ1) is 13.0. The van der Waals surface area contributed by atoms with Crippen LogP contribution < -0.4 is 5.32 Å². The van der Waals surface area contributed by atoms with Gasteiger partial charge in [-0.15, -0.1) is 0 Å². The highest BCUT2D eigenvalue weighted by atomic mass is 19.1. The van der Waals surface area contributed by atoms with Crippen LogP contribution in [0, 0.1) is 21.7 Å². The Morgan fingerprint density at radius 3 is 2.84 bits per heavy atom. The monoisotopic (exact) mass is 270 g/mol. The molecule has 100 valence electrons. The Morgan fingerprint density at radius 1 is 1.47 bits per heavy atom. The van der Waals surface area contributed by atoms with E-state index in [9.17, 15) is 18.9 Å². The molecule has 0 saturated carbocycles. The van der Waals surface area contributed by atoms with Gasteiger partial charge in [0.15, 0.2) is 5.82 Å². The lowest BCUT2D eigenvalue weighted by atomic mass is 10.1. The molecule has 2 rings (SSSR count). The number of halogens is 2. The van der Waals surface area contributed by atoms with Gasteiger partial charge in [0.1, 0.15) is 5.82 Å². The molecule has 0 aliphatic rings. The van der Waals surface area contributed by atoms with Crippen molar-refractivity contribution in [2.45, 2.75) is 6.54 Å². The summed E-state index contributed by atoms with van der Waals surface area (Å²) in [7, 11) is 1.64. The summed E-state index contributed by atoms with van der Waals surface area (Å²) in [5.41, 5.74) is -1.43. The highest BCUT2D eigenvalue weighted by molar-refractivity contribution is 5.59. The molecule has 0 unspecified atom stereocenters. The third-order valence-corrected chi connectivity index (χ3v) is 2.25. The molecule has 19 heavy (non-hydrogen) atoms. The van der Waals surface area contributed by atoms with Gasteiger partial charge in [-0.1, -0.05) is 5.16 Å². The third-order valence-electron chi connectivity index (χ3n) is 2.25. The Morgan fingerprint density at radius 2 is 2.21 bits per heavy atom. The number of nitrogens with one attached hydrogen (secondary N) is 1. The van der Waals surface area contributed by atoms with Crippen LogP contribution in [0.1, 0.15) is 5.82 Å². The van der Waals surface area contributed by atoms with E-state index in [0.717, 1.165) is 6.07 Å². The molecule has 0 bridgehead atoms. The number of nitrogens with zero attached hydrogens (tertiary/aromatic N) is 3. The SMILES string of the molecule is CNCc1noc(-c2cc(F)cc([N+](=O)[O-])c2F)n1. The van der Waals surface area contributed by atoms with Crippen LogP contribution in [-0.2, 0) is 6.54 Å². The average Bonchev–Trinajstić information content (AvgIpc) is 2.80. The second kappa shape index (κ2) is 5.06. The molecule has 0 aliphatic carbocycles. The molecule has 0 spiro atoms. The van der Waals surface area contributed by atoms with Crippen LogP contribution in [0.5, 0.6) is 0 Å². The molecular formula is C10H8F2N4O3. The van der Waals surface area contributed by atoms with Crippen LogP contribution in [0.15, 0.2) is 16.7 Å². The molecule has 0 atom stereocenters. The van der Waals surface area contributed by atoms with Crippen molar-refractivity contribution in [3.05, 3.63) is 39.7 Å². The predicted octanol–water partition coefficient (Wildman–Crippen LogP) is 1.64. The highest BCUT2D eigenvalue weighted by Crippen LogP contribution is 2.29. The Bertz CT molecular complexity index is 629. The lowest BCUT2D eigenvalue weighted by molar-refractivity contribution is -0.387. The van der Waals surface area contributed by atoms with E-state index in [2.05, 4.69) is 15.5 Å². The van der Waals surface area contributed by atoms with Gasteiger partial charge >= 0.3 is 5.69 Å². The summed E-state index contributed by atoms with van der Waals surface area (Å²) in [4.78, 5) is 13.4. The number of hydrogen-bond acceptors (Lipinski definition) is 6. The molecule has 0 saturated heterocycles. The molecule has 1 N–H and O–H groups in total. The molecule has 2 aromatic rings. The standard InChI is InChI=1S/C10H8F2N4O3/c1-13-4-8-14-10(19-15-8)6-2-5(11)3-7(9(6)12)16(17)18/h2-3,13H,4H2,1H3. The van der Waals surface area contributed by atoms with Gasteiger partial charge in [0, 0.05) is 0 Å². The number of hydrogen-bond donors (Lipinski definition) is 1. The van der Waals surface area contributed by atoms with Gasteiger partial charge in [0.2, 0.25) is 5.82 Å². The first-order valence-corrected chi connectivity index (χ1v) is 5.14. The molecule has 0 radical (unpaired) electrons. The second-order valence-electron chi connectivity index (χ2n) is 3.59. The Labute approximate surface area is 105 Å².